The molecule has 3 rings (SSSR count). The number of nitro groups is 1. The highest BCUT2D eigenvalue weighted by Crippen LogP contribution is 2.24. The number of esters is 2. The first kappa shape index (κ1) is 20.8. The Morgan fingerprint density at radius 2 is 1.97 bits per heavy atom. The summed E-state index contributed by atoms with van der Waals surface area (Å²) in [4.78, 5) is 47.8. The maximum Gasteiger partial charge on any atom is 0.433 e. The van der Waals surface area contributed by atoms with Crippen LogP contribution in [-0.2, 0) is 36.8 Å². The molecule has 1 aromatic heterocycles. The number of furan rings is 1. The predicted octanol–water partition coefficient (Wildman–Crippen LogP) is 1.87. The summed E-state index contributed by atoms with van der Waals surface area (Å²) in [7, 11) is 1.25. The molecule has 1 aromatic carbocycles. The van der Waals surface area contributed by atoms with Gasteiger partial charge < -0.3 is 18.8 Å². The van der Waals surface area contributed by atoms with Crippen molar-refractivity contribution < 1.29 is 33.2 Å². The molecule has 0 fully saturated rings. The van der Waals surface area contributed by atoms with Crippen molar-refractivity contribution in [2.24, 2.45) is 0 Å². The average Bonchev–Trinajstić information content (AvgIpc) is 3.24. The summed E-state index contributed by atoms with van der Waals surface area (Å²) < 4.78 is 14.6. The summed E-state index contributed by atoms with van der Waals surface area (Å²) >= 11 is 0. The van der Waals surface area contributed by atoms with E-state index in [-0.39, 0.29) is 12.3 Å². The van der Waals surface area contributed by atoms with Gasteiger partial charge in [0.05, 0.1) is 13.2 Å². The minimum atomic E-state index is -0.838. The zero-order valence-electron chi connectivity index (χ0n) is 16.0. The van der Waals surface area contributed by atoms with Crippen LogP contribution in [0.15, 0.2) is 46.9 Å². The fourth-order valence-electron chi connectivity index (χ4n) is 3.08. The van der Waals surface area contributed by atoms with Gasteiger partial charge in [0.2, 0.25) is 0 Å². The molecule has 0 aliphatic carbocycles. The highest BCUT2D eigenvalue weighted by atomic mass is 16.6. The van der Waals surface area contributed by atoms with E-state index in [1.54, 1.807) is 0 Å². The zero-order chi connectivity index (χ0) is 21.7. The van der Waals surface area contributed by atoms with Crippen LogP contribution in [-0.4, -0.2) is 47.4 Å². The fourth-order valence-corrected chi connectivity index (χ4v) is 3.08. The van der Waals surface area contributed by atoms with E-state index < -0.39 is 41.3 Å². The molecule has 1 aliphatic rings. The maximum absolute atomic E-state index is 12.6. The van der Waals surface area contributed by atoms with Gasteiger partial charge in [-0.3, -0.25) is 14.9 Å². The lowest BCUT2D eigenvalue weighted by atomic mass is 9.94. The third kappa shape index (κ3) is 4.72. The van der Waals surface area contributed by atoms with Gasteiger partial charge >= 0.3 is 17.8 Å². The number of ether oxygens (including phenoxy) is 2. The van der Waals surface area contributed by atoms with E-state index in [1.165, 1.54) is 24.2 Å². The molecule has 0 radical (unpaired) electrons. The molecule has 1 aliphatic heterocycles. The van der Waals surface area contributed by atoms with E-state index >= 15 is 0 Å². The van der Waals surface area contributed by atoms with Crippen molar-refractivity contribution in [1.29, 1.82) is 0 Å². The maximum atomic E-state index is 12.6. The van der Waals surface area contributed by atoms with Gasteiger partial charge in [0, 0.05) is 19.0 Å². The van der Waals surface area contributed by atoms with Crippen molar-refractivity contribution in [2.75, 3.05) is 13.7 Å². The number of nitrogens with zero attached hydrogens (tertiary/aromatic N) is 2. The number of hydrogen-bond donors (Lipinski definition) is 0. The van der Waals surface area contributed by atoms with Crippen LogP contribution in [0.4, 0.5) is 5.88 Å². The molecule has 0 saturated heterocycles. The highest BCUT2D eigenvalue weighted by Gasteiger charge is 2.35. The predicted molar refractivity (Wildman–Crippen MR) is 102 cm³/mol. The van der Waals surface area contributed by atoms with Crippen LogP contribution in [0.2, 0.25) is 0 Å². The molecule has 2 aromatic rings. The number of hydrogen-bond acceptors (Lipinski definition) is 8. The Bertz CT molecular complexity index is 1010. The summed E-state index contributed by atoms with van der Waals surface area (Å²) in [6.45, 7) is -0.380. The molecule has 10 nitrogen and oxygen atoms in total. The molecule has 1 atom stereocenters. The number of amides is 1. The van der Waals surface area contributed by atoms with Gasteiger partial charge in [0.25, 0.3) is 5.91 Å². The first-order chi connectivity index (χ1) is 14.4. The van der Waals surface area contributed by atoms with Crippen molar-refractivity contribution in [3.05, 3.63) is 69.5 Å². The molecule has 1 amide bonds. The average molecular weight is 414 g/mol. The van der Waals surface area contributed by atoms with Gasteiger partial charge in [-0.15, -0.1) is 0 Å². The normalized spacial score (nSPS) is 15.5. The van der Waals surface area contributed by atoms with Crippen molar-refractivity contribution >= 4 is 29.8 Å². The highest BCUT2D eigenvalue weighted by molar-refractivity contribution is 5.90. The molecule has 30 heavy (non-hydrogen) atoms. The smallest absolute Gasteiger partial charge is 0.433 e. The largest absolute Gasteiger partial charge is 0.467 e. The summed E-state index contributed by atoms with van der Waals surface area (Å²) in [5.41, 5.74) is 1.85. The van der Waals surface area contributed by atoms with Gasteiger partial charge in [-0.1, -0.05) is 24.3 Å². The molecular formula is C20H18N2O8. The molecule has 2 heterocycles. The van der Waals surface area contributed by atoms with Crippen molar-refractivity contribution in [1.82, 2.24) is 4.90 Å². The summed E-state index contributed by atoms with van der Waals surface area (Å²) in [5.74, 6) is -2.31. The zero-order valence-corrected chi connectivity index (χ0v) is 16.0. The third-order valence-corrected chi connectivity index (χ3v) is 4.56. The van der Waals surface area contributed by atoms with E-state index in [4.69, 9.17) is 13.9 Å². The molecule has 0 unspecified atom stereocenters. The monoisotopic (exact) mass is 414 g/mol. The van der Waals surface area contributed by atoms with Crippen LogP contribution >= 0.6 is 0 Å². The molecule has 10 heteroatoms. The summed E-state index contributed by atoms with van der Waals surface area (Å²) in [6.07, 6.45) is 2.48. The Morgan fingerprint density at radius 3 is 2.63 bits per heavy atom. The Balaban J connectivity index is 1.62. The van der Waals surface area contributed by atoms with Gasteiger partial charge in [0.15, 0.2) is 6.61 Å². The second kappa shape index (κ2) is 9.03. The lowest BCUT2D eigenvalue weighted by Gasteiger charge is -2.35. The first-order valence-corrected chi connectivity index (χ1v) is 8.92. The lowest BCUT2D eigenvalue weighted by molar-refractivity contribution is -0.402. The molecular weight excluding hydrogens is 396 g/mol. The van der Waals surface area contributed by atoms with Crippen molar-refractivity contribution in [2.45, 2.75) is 19.0 Å². The quantitative estimate of drug-likeness (QED) is 0.303. The van der Waals surface area contributed by atoms with Crippen LogP contribution in [0.3, 0.4) is 0 Å². The van der Waals surface area contributed by atoms with Gasteiger partial charge in [-0.05, 0) is 23.3 Å². The minimum absolute atomic E-state index is 0.0865. The van der Waals surface area contributed by atoms with E-state index in [0.29, 0.717) is 6.42 Å². The second-order valence-electron chi connectivity index (χ2n) is 6.41. The fraction of sp³-hybridized carbons (Fsp3) is 0.250. The van der Waals surface area contributed by atoms with E-state index in [0.717, 1.165) is 23.3 Å². The standard InChI is InChI=1S/C20H18N2O8/c1-28-20(25)16-10-13-4-2-3-5-14(13)11-21(16)17(23)12-29-19(24)9-7-15-6-8-18(30-15)22(26)27/h2-9,16H,10-12H2,1H3/b9-7+/t16-/m1/s1. The van der Waals surface area contributed by atoms with Crippen molar-refractivity contribution in [3.63, 3.8) is 0 Å². The Kier molecular flexibility index (Phi) is 6.26. The number of carbonyl (C=O) groups excluding carboxylic acids is 3. The Morgan fingerprint density at radius 1 is 1.23 bits per heavy atom. The van der Waals surface area contributed by atoms with Gasteiger partial charge in [-0.2, -0.15) is 0 Å². The Hall–Kier alpha value is -3.95. The molecule has 0 N–H and O–H groups in total. The number of carbonyl (C=O) groups is 3. The van der Waals surface area contributed by atoms with Crippen molar-refractivity contribution in [3.8, 4) is 0 Å². The number of methoxy groups -OCH3 is 1. The third-order valence-electron chi connectivity index (χ3n) is 4.56. The van der Waals surface area contributed by atoms with Gasteiger partial charge in [-0.25, -0.2) is 9.59 Å². The molecule has 0 bridgehead atoms. The molecule has 0 spiro atoms. The van der Waals surface area contributed by atoms with Gasteiger partial charge in [0.1, 0.15) is 16.7 Å². The van der Waals surface area contributed by atoms with Crippen LogP contribution in [0.1, 0.15) is 16.9 Å². The van der Waals surface area contributed by atoms with E-state index in [1.807, 2.05) is 24.3 Å². The lowest BCUT2D eigenvalue weighted by Crippen LogP contribution is -2.50. The SMILES string of the molecule is COC(=O)[C@H]1Cc2ccccc2CN1C(=O)COC(=O)/C=C/c1ccc([N+](=O)[O-])o1. The molecule has 0 saturated carbocycles. The molecule has 156 valence electrons. The first-order valence-electron chi connectivity index (χ1n) is 8.92. The van der Waals surface area contributed by atoms with Crippen LogP contribution in [0.25, 0.3) is 6.08 Å². The summed E-state index contributed by atoms with van der Waals surface area (Å²) in [5, 5.41) is 10.6. The second-order valence-corrected chi connectivity index (χ2v) is 6.41. The Labute approximate surface area is 170 Å². The number of fused-ring (bicyclic) bond motifs is 1. The van der Waals surface area contributed by atoms with Crippen LogP contribution in [0.5, 0.6) is 0 Å². The number of rotatable bonds is 6. The summed E-state index contributed by atoms with van der Waals surface area (Å²) in [6, 6.07) is 9.10. The minimum Gasteiger partial charge on any atom is -0.467 e. The number of benzene rings is 1. The van der Waals surface area contributed by atoms with Crippen LogP contribution in [0, 0.1) is 10.1 Å². The van der Waals surface area contributed by atoms with Crippen LogP contribution < -0.4 is 0 Å². The van der Waals surface area contributed by atoms with E-state index in [9.17, 15) is 24.5 Å². The van der Waals surface area contributed by atoms with E-state index in [2.05, 4.69) is 0 Å². The topological polar surface area (TPSA) is 129 Å².